The Morgan fingerprint density at radius 3 is 2.52 bits per heavy atom. The Hall–Kier alpha value is -2.04. The molecule has 2 aliphatic rings. The zero-order valence-corrected chi connectivity index (χ0v) is 12.0. The fourth-order valence-electron chi connectivity index (χ4n) is 2.83. The molecule has 2 unspecified atom stereocenters. The SMILES string of the molecule is CN(C(=O)C1CC1C1CC1)c1ccc(OCC(=O)O)cc1. The molecule has 0 saturated heterocycles. The molecule has 0 heterocycles. The zero-order chi connectivity index (χ0) is 15.0. The molecule has 1 aromatic carbocycles. The molecule has 1 amide bonds. The second kappa shape index (κ2) is 5.39. The summed E-state index contributed by atoms with van der Waals surface area (Å²) in [5.41, 5.74) is 0.809. The lowest BCUT2D eigenvalue weighted by Gasteiger charge is -2.18. The summed E-state index contributed by atoms with van der Waals surface area (Å²) in [6.07, 6.45) is 3.61. The van der Waals surface area contributed by atoms with Crippen molar-refractivity contribution in [2.45, 2.75) is 19.3 Å². The van der Waals surface area contributed by atoms with Crippen molar-refractivity contribution in [2.24, 2.45) is 17.8 Å². The van der Waals surface area contributed by atoms with Crippen molar-refractivity contribution >= 4 is 17.6 Å². The molecule has 21 heavy (non-hydrogen) atoms. The van der Waals surface area contributed by atoms with Crippen LogP contribution in [0.2, 0.25) is 0 Å². The Bertz CT molecular complexity index is 550. The number of carboxylic acids is 1. The highest BCUT2D eigenvalue weighted by Gasteiger charge is 2.51. The second-order valence-electron chi connectivity index (χ2n) is 5.92. The molecule has 5 heteroatoms. The van der Waals surface area contributed by atoms with Crippen molar-refractivity contribution in [1.29, 1.82) is 0 Å². The van der Waals surface area contributed by atoms with Gasteiger partial charge in [-0.2, -0.15) is 0 Å². The van der Waals surface area contributed by atoms with Gasteiger partial charge in [-0.05, 0) is 55.4 Å². The van der Waals surface area contributed by atoms with Crippen LogP contribution in [0.3, 0.4) is 0 Å². The van der Waals surface area contributed by atoms with Crippen molar-refractivity contribution in [2.75, 3.05) is 18.6 Å². The second-order valence-corrected chi connectivity index (χ2v) is 5.92. The molecule has 2 saturated carbocycles. The number of anilines is 1. The third-order valence-corrected chi connectivity index (χ3v) is 4.30. The molecule has 0 aromatic heterocycles. The lowest BCUT2D eigenvalue weighted by molar-refractivity contribution is -0.139. The quantitative estimate of drug-likeness (QED) is 0.871. The minimum atomic E-state index is -1.01. The number of ether oxygens (including phenoxy) is 1. The first-order valence-electron chi connectivity index (χ1n) is 7.28. The van der Waals surface area contributed by atoms with Gasteiger partial charge in [-0.1, -0.05) is 0 Å². The van der Waals surface area contributed by atoms with Gasteiger partial charge in [0.05, 0.1) is 0 Å². The van der Waals surface area contributed by atoms with Gasteiger partial charge in [0.25, 0.3) is 0 Å². The van der Waals surface area contributed by atoms with E-state index >= 15 is 0 Å². The summed E-state index contributed by atoms with van der Waals surface area (Å²) in [6.45, 7) is -0.362. The monoisotopic (exact) mass is 289 g/mol. The van der Waals surface area contributed by atoms with E-state index in [0.717, 1.165) is 18.0 Å². The standard InChI is InChI=1S/C16H19NO4/c1-17(16(20)14-8-13(14)10-2-3-10)11-4-6-12(7-5-11)21-9-15(18)19/h4-7,10,13-14H,2-3,8-9H2,1H3,(H,18,19). The van der Waals surface area contributed by atoms with E-state index < -0.39 is 5.97 Å². The molecule has 2 fully saturated rings. The molecule has 2 aliphatic carbocycles. The smallest absolute Gasteiger partial charge is 0.341 e. The number of aliphatic carboxylic acids is 1. The Morgan fingerprint density at radius 2 is 1.95 bits per heavy atom. The van der Waals surface area contributed by atoms with Crippen LogP contribution in [0.4, 0.5) is 5.69 Å². The number of hydrogen-bond donors (Lipinski definition) is 1. The molecule has 0 aliphatic heterocycles. The first-order valence-corrected chi connectivity index (χ1v) is 7.28. The average Bonchev–Trinajstić information content (AvgIpc) is 3.35. The van der Waals surface area contributed by atoms with Gasteiger partial charge in [-0.15, -0.1) is 0 Å². The number of carboxylic acid groups (broad SMARTS) is 1. The number of carbonyl (C=O) groups is 2. The van der Waals surface area contributed by atoms with E-state index in [4.69, 9.17) is 9.84 Å². The third-order valence-electron chi connectivity index (χ3n) is 4.30. The Morgan fingerprint density at radius 1 is 1.29 bits per heavy atom. The fraction of sp³-hybridized carbons (Fsp3) is 0.500. The van der Waals surface area contributed by atoms with Crippen LogP contribution in [-0.4, -0.2) is 30.6 Å². The Labute approximate surface area is 123 Å². The summed E-state index contributed by atoms with van der Waals surface area (Å²) in [6, 6.07) is 6.94. The Kier molecular flexibility index (Phi) is 3.57. The van der Waals surface area contributed by atoms with Crippen LogP contribution in [0.5, 0.6) is 5.75 Å². The summed E-state index contributed by atoms with van der Waals surface area (Å²) in [7, 11) is 1.79. The predicted molar refractivity (Wildman–Crippen MR) is 77.3 cm³/mol. The van der Waals surface area contributed by atoms with Gasteiger partial charge < -0.3 is 14.7 Å². The number of hydrogen-bond acceptors (Lipinski definition) is 3. The minimum Gasteiger partial charge on any atom is -0.482 e. The van der Waals surface area contributed by atoms with Gasteiger partial charge >= 0.3 is 5.97 Å². The highest BCUT2D eigenvalue weighted by Crippen LogP contribution is 2.55. The van der Waals surface area contributed by atoms with E-state index in [9.17, 15) is 9.59 Å². The first-order chi connectivity index (χ1) is 10.1. The molecule has 0 bridgehead atoms. The van der Waals surface area contributed by atoms with Gasteiger partial charge in [0.15, 0.2) is 6.61 Å². The largest absolute Gasteiger partial charge is 0.482 e. The minimum absolute atomic E-state index is 0.186. The van der Waals surface area contributed by atoms with Crippen molar-refractivity contribution in [3.63, 3.8) is 0 Å². The van der Waals surface area contributed by atoms with Crippen molar-refractivity contribution in [3.05, 3.63) is 24.3 Å². The molecule has 5 nitrogen and oxygen atoms in total. The van der Waals surface area contributed by atoms with Crippen molar-refractivity contribution in [1.82, 2.24) is 0 Å². The van der Waals surface area contributed by atoms with Gasteiger partial charge in [-0.25, -0.2) is 4.79 Å². The number of carbonyl (C=O) groups excluding carboxylic acids is 1. The predicted octanol–water partition coefficient (Wildman–Crippen LogP) is 2.16. The van der Waals surface area contributed by atoms with Gasteiger partial charge in [0, 0.05) is 18.7 Å². The molecule has 1 aromatic rings. The van der Waals surface area contributed by atoms with E-state index in [1.807, 2.05) is 0 Å². The van der Waals surface area contributed by atoms with Gasteiger partial charge in [0.2, 0.25) is 5.91 Å². The summed E-state index contributed by atoms with van der Waals surface area (Å²) in [5, 5.41) is 8.56. The maximum atomic E-state index is 12.4. The zero-order valence-electron chi connectivity index (χ0n) is 12.0. The molecule has 2 atom stereocenters. The summed E-state index contributed by atoms with van der Waals surface area (Å²) in [4.78, 5) is 24.5. The van der Waals surface area contributed by atoms with Crippen molar-refractivity contribution in [3.8, 4) is 5.75 Å². The molecular formula is C16H19NO4. The molecule has 0 radical (unpaired) electrons. The first kappa shape index (κ1) is 13.9. The fourth-order valence-corrected chi connectivity index (χ4v) is 2.83. The molecule has 3 rings (SSSR count). The van der Waals surface area contributed by atoms with Gasteiger partial charge in [-0.3, -0.25) is 4.79 Å². The maximum Gasteiger partial charge on any atom is 0.341 e. The van der Waals surface area contributed by atoms with Gasteiger partial charge in [0.1, 0.15) is 5.75 Å². The van der Waals surface area contributed by atoms with Crippen LogP contribution in [0.15, 0.2) is 24.3 Å². The van der Waals surface area contributed by atoms with Crippen molar-refractivity contribution < 1.29 is 19.4 Å². The third kappa shape index (κ3) is 3.17. The topological polar surface area (TPSA) is 66.8 Å². The van der Waals surface area contributed by atoms with Crippen LogP contribution in [0.25, 0.3) is 0 Å². The van der Waals surface area contributed by atoms with Crippen LogP contribution >= 0.6 is 0 Å². The van der Waals surface area contributed by atoms with E-state index in [1.54, 1.807) is 36.2 Å². The molecule has 112 valence electrons. The normalized spacial score (nSPS) is 23.5. The maximum absolute atomic E-state index is 12.4. The highest BCUT2D eigenvalue weighted by molar-refractivity contribution is 5.96. The summed E-state index contributed by atoms with van der Waals surface area (Å²) >= 11 is 0. The van der Waals surface area contributed by atoms with E-state index in [0.29, 0.717) is 11.7 Å². The molecular weight excluding hydrogens is 270 g/mol. The number of rotatable bonds is 6. The van der Waals surface area contributed by atoms with E-state index in [1.165, 1.54) is 12.8 Å². The van der Waals surface area contributed by atoms with Crippen LogP contribution in [0, 0.1) is 17.8 Å². The van der Waals surface area contributed by atoms with E-state index in [-0.39, 0.29) is 18.4 Å². The summed E-state index contributed by atoms with van der Waals surface area (Å²) in [5.74, 6) is 1.27. The van der Waals surface area contributed by atoms with Crippen LogP contribution in [-0.2, 0) is 9.59 Å². The van der Waals surface area contributed by atoms with Crippen LogP contribution < -0.4 is 9.64 Å². The number of nitrogens with zero attached hydrogens (tertiary/aromatic N) is 1. The van der Waals surface area contributed by atoms with E-state index in [2.05, 4.69) is 0 Å². The number of amides is 1. The lowest BCUT2D eigenvalue weighted by atomic mass is 10.2. The van der Waals surface area contributed by atoms with Crippen LogP contribution in [0.1, 0.15) is 19.3 Å². The molecule has 1 N–H and O–H groups in total. The summed E-state index contributed by atoms with van der Waals surface area (Å²) < 4.78 is 5.08. The lowest BCUT2D eigenvalue weighted by Crippen LogP contribution is -2.28. The highest BCUT2D eigenvalue weighted by atomic mass is 16.5. The Balaban J connectivity index is 1.58. The molecule has 0 spiro atoms. The number of benzene rings is 1. The average molecular weight is 289 g/mol.